The molecule has 0 aromatic heterocycles. The molecule has 0 aliphatic heterocycles. The van der Waals surface area contributed by atoms with Crippen molar-refractivity contribution >= 4 is 15.9 Å². The van der Waals surface area contributed by atoms with Gasteiger partial charge in [0.15, 0.2) is 0 Å². The van der Waals surface area contributed by atoms with E-state index in [0.717, 1.165) is 6.42 Å². The van der Waals surface area contributed by atoms with E-state index in [0.29, 0.717) is 25.7 Å². The van der Waals surface area contributed by atoms with Crippen LogP contribution in [0.15, 0.2) is 29.2 Å². The third-order valence-electron chi connectivity index (χ3n) is 2.80. The van der Waals surface area contributed by atoms with Crippen LogP contribution in [-0.2, 0) is 14.8 Å². The van der Waals surface area contributed by atoms with E-state index >= 15 is 0 Å². The monoisotopic (exact) mass is 314 g/mol. The lowest BCUT2D eigenvalue weighted by molar-refractivity contribution is 0.0905. The highest BCUT2D eigenvalue weighted by atomic mass is 32.2. The largest absolute Gasteiger partial charge is 0.380 e. The number of rotatable bonds is 8. The number of hydrogen-bond donors (Lipinski definition) is 2. The highest BCUT2D eigenvalue weighted by molar-refractivity contribution is 7.89. The van der Waals surface area contributed by atoms with E-state index in [1.807, 2.05) is 0 Å². The van der Waals surface area contributed by atoms with Crippen LogP contribution >= 0.6 is 0 Å². The summed E-state index contributed by atoms with van der Waals surface area (Å²) < 4.78 is 27.8. The first-order valence-electron chi connectivity index (χ1n) is 6.79. The maximum absolute atomic E-state index is 11.9. The maximum Gasteiger partial charge on any atom is 0.251 e. The van der Waals surface area contributed by atoms with Gasteiger partial charge in [0.25, 0.3) is 5.91 Å². The van der Waals surface area contributed by atoms with E-state index in [9.17, 15) is 13.2 Å². The van der Waals surface area contributed by atoms with Gasteiger partial charge in [0.1, 0.15) is 0 Å². The molecule has 1 aromatic carbocycles. The molecule has 0 bridgehead atoms. The summed E-state index contributed by atoms with van der Waals surface area (Å²) in [5.74, 6) is 0.230. The molecule has 0 aliphatic rings. The highest BCUT2D eigenvalue weighted by Gasteiger charge is 2.11. The lowest BCUT2D eigenvalue weighted by Gasteiger charge is -2.08. The van der Waals surface area contributed by atoms with Gasteiger partial charge in [-0.3, -0.25) is 4.79 Å². The molecule has 118 valence electrons. The second kappa shape index (κ2) is 8.11. The van der Waals surface area contributed by atoms with E-state index in [2.05, 4.69) is 19.2 Å². The van der Waals surface area contributed by atoms with Crippen molar-refractivity contribution in [2.75, 3.05) is 19.8 Å². The Morgan fingerprint density at radius 1 is 1.33 bits per heavy atom. The van der Waals surface area contributed by atoms with Crippen molar-refractivity contribution in [1.82, 2.24) is 5.32 Å². The Hall–Kier alpha value is -1.44. The van der Waals surface area contributed by atoms with E-state index in [4.69, 9.17) is 9.88 Å². The Morgan fingerprint density at radius 3 is 2.67 bits per heavy atom. The van der Waals surface area contributed by atoms with Crippen LogP contribution in [0, 0.1) is 5.92 Å². The fourth-order valence-electron chi connectivity index (χ4n) is 1.57. The smallest absolute Gasteiger partial charge is 0.251 e. The van der Waals surface area contributed by atoms with Gasteiger partial charge in [0.2, 0.25) is 10.0 Å². The first kappa shape index (κ1) is 17.6. The first-order chi connectivity index (χ1) is 9.80. The molecule has 6 nitrogen and oxygen atoms in total. The number of sulfonamides is 1. The molecule has 3 N–H and O–H groups in total. The van der Waals surface area contributed by atoms with Crippen LogP contribution < -0.4 is 10.5 Å². The van der Waals surface area contributed by atoms with Crippen molar-refractivity contribution in [2.45, 2.75) is 25.2 Å². The molecule has 1 amide bonds. The van der Waals surface area contributed by atoms with E-state index in [-0.39, 0.29) is 16.4 Å². The zero-order valence-electron chi connectivity index (χ0n) is 12.3. The quantitative estimate of drug-likeness (QED) is 0.703. The molecular weight excluding hydrogens is 292 g/mol. The van der Waals surface area contributed by atoms with Crippen LogP contribution in [0.1, 0.15) is 30.6 Å². The minimum atomic E-state index is -3.80. The first-order valence-corrected chi connectivity index (χ1v) is 8.34. The Morgan fingerprint density at radius 2 is 2.05 bits per heavy atom. The molecule has 0 atom stereocenters. The third kappa shape index (κ3) is 6.70. The lowest BCUT2D eigenvalue weighted by atomic mass is 10.1. The summed E-state index contributed by atoms with van der Waals surface area (Å²) in [5, 5.41) is 7.69. The summed E-state index contributed by atoms with van der Waals surface area (Å²) >= 11 is 0. The summed E-state index contributed by atoms with van der Waals surface area (Å²) in [4.78, 5) is 11.8. The van der Waals surface area contributed by atoms with Crippen molar-refractivity contribution in [1.29, 1.82) is 0 Å². The molecule has 0 heterocycles. The van der Waals surface area contributed by atoms with Gasteiger partial charge in [-0.15, -0.1) is 0 Å². The number of nitrogens with one attached hydrogen (secondary N) is 1. The normalized spacial score (nSPS) is 11.6. The second-order valence-corrected chi connectivity index (χ2v) is 6.69. The molecule has 0 unspecified atom stereocenters. The summed E-state index contributed by atoms with van der Waals surface area (Å²) in [6.07, 6.45) is 0.977. The molecule has 0 spiro atoms. The molecule has 21 heavy (non-hydrogen) atoms. The molecule has 7 heteroatoms. The molecule has 1 aromatic rings. The molecule has 0 radical (unpaired) electrons. The average molecular weight is 314 g/mol. The zero-order chi connectivity index (χ0) is 15.9. The Labute approximate surface area is 125 Å². The van der Waals surface area contributed by atoms with E-state index in [1.165, 1.54) is 24.3 Å². The summed E-state index contributed by atoms with van der Waals surface area (Å²) in [6.45, 7) is 5.69. The Kier molecular flexibility index (Phi) is 6.80. The lowest BCUT2D eigenvalue weighted by Crippen LogP contribution is -2.27. The number of amides is 1. The predicted molar refractivity (Wildman–Crippen MR) is 80.4 cm³/mol. The molecule has 0 saturated carbocycles. The summed E-state index contributed by atoms with van der Waals surface area (Å²) in [7, 11) is -3.80. The van der Waals surface area contributed by atoms with Crippen LogP contribution in [0.5, 0.6) is 0 Å². The van der Waals surface area contributed by atoms with Crippen LogP contribution in [0.25, 0.3) is 0 Å². The molecule has 1 rings (SSSR count). The number of carbonyl (C=O) groups excluding carboxylic acids is 1. The standard InChI is InChI=1S/C14H22N2O4S/c1-11(2)6-8-20-9-7-16-14(17)12-4-3-5-13(10-12)21(15,18)19/h3-5,10-11H,6-9H2,1-2H3,(H,16,17)(H2,15,18,19). The van der Waals surface area contributed by atoms with Gasteiger partial charge in [-0.05, 0) is 30.5 Å². The highest BCUT2D eigenvalue weighted by Crippen LogP contribution is 2.09. The van der Waals surface area contributed by atoms with Crippen LogP contribution in [0.3, 0.4) is 0 Å². The molecule has 0 saturated heterocycles. The average Bonchev–Trinajstić information content (AvgIpc) is 2.41. The minimum absolute atomic E-state index is 0.0802. The number of ether oxygens (including phenoxy) is 1. The Balaban J connectivity index is 2.43. The SMILES string of the molecule is CC(C)CCOCCNC(=O)c1cccc(S(N)(=O)=O)c1. The van der Waals surface area contributed by atoms with Crippen molar-refractivity contribution in [3.8, 4) is 0 Å². The van der Waals surface area contributed by atoms with Gasteiger partial charge in [0, 0.05) is 18.7 Å². The molecule has 0 fully saturated rings. The van der Waals surface area contributed by atoms with Crippen molar-refractivity contribution < 1.29 is 17.9 Å². The van der Waals surface area contributed by atoms with Gasteiger partial charge in [-0.1, -0.05) is 19.9 Å². The van der Waals surface area contributed by atoms with Crippen LogP contribution in [-0.4, -0.2) is 34.1 Å². The summed E-state index contributed by atoms with van der Waals surface area (Å²) in [5.41, 5.74) is 0.253. The van der Waals surface area contributed by atoms with Crippen molar-refractivity contribution in [2.24, 2.45) is 11.1 Å². The molecular formula is C14H22N2O4S. The fourth-order valence-corrected chi connectivity index (χ4v) is 2.13. The van der Waals surface area contributed by atoms with Gasteiger partial charge >= 0.3 is 0 Å². The number of nitrogens with two attached hydrogens (primary N) is 1. The van der Waals surface area contributed by atoms with E-state index < -0.39 is 10.0 Å². The number of primary sulfonamides is 1. The third-order valence-corrected chi connectivity index (χ3v) is 3.71. The Bertz CT molecular complexity index is 570. The van der Waals surface area contributed by atoms with Gasteiger partial charge in [-0.25, -0.2) is 13.6 Å². The topological polar surface area (TPSA) is 98.5 Å². The van der Waals surface area contributed by atoms with Crippen molar-refractivity contribution in [3.63, 3.8) is 0 Å². The minimum Gasteiger partial charge on any atom is -0.380 e. The number of carbonyl (C=O) groups is 1. The number of benzene rings is 1. The van der Waals surface area contributed by atoms with E-state index in [1.54, 1.807) is 0 Å². The number of hydrogen-bond acceptors (Lipinski definition) is 4. The maximum atomic E-state index is 11.9. The van der Waals surface area contributed by atoms with Crippen molar-refractivity contribution in [3.05, 3.63) is 29.8 Å². The fraction of sp³-hybridized carbons (Fsp3) is 0.500. The van der Waals surface area contributed by atoms with Gasteiger partial charge in [0.05, 0.1) is 11.5 Å². The van der Waals surface area contributed by atoms with Gasteiger partial charge < -0.3 is 10.1 Å². The van der Waals surface area contributed by atoms with Crippen LogP contribution in [0.2, 0.25) is 0 Å². The van der Waals surface area contributed by atoms with Gasteiger partial charge in [-0.2, -0.15) is 0 Å². The second-order valence-electron chi connectivity index (χ2n) is 5.12. The zero-order valence-corrected chi connectivity index (χ0v) is 13.2. The van der Waals surface area contributed by atoms with Crippen LogP contribution in [0.4, 0.5) is 0 Å². The molecule has 0 aliphatic carbocycles. The summed E-state index contributed by atoms with van der Waals surface area (Å²) in [6, 6.07) is 5.61. The predicted octanol–water partition coefficient (Wildman–Crippen LogP) is 1.13.